The van der Waals surface area contributed by atoms with Crippen molar-refractivity contribution in [3.05, 3.63) is 32.6 Å². The number of aromatic amines is 1. The molecule has 1 aromatic heterocycles. The van der Waals surface area contributed by atoms with Crippen molar-refractivity contribution in [2.24, 2.45) is 0 Å². The summed E-state index contributed by atoms with van der Waals surface area (Å²) in [6.45, 7) is 1.61. The number of aromatic nitrogens is 2. The second-order valence-electron chi connectivity index (χ2n) is 4.52. The third-order valence-electron chi connectivity index (χ3n) is 3.27. The number of aryl methyl sites for hydroxylation is 1. The van der Waals surface area contributed by atoms with Crippen LogP contribution in [0.2, 0.25) is 0 Å². The number of methoxy groups -OCH3 is 1. The first kappa shape index (κ1) is 13.7. The third-order valence-corrected chi connectivity index (χ3v) is 3.27. The maximum atomic E-state index is 11.8. The quantitative estimate of drug-likeness (QED) is 0.759. The first-order valence-electron chi connectivity index (χ1n) is 6.00. The lowest BCUT2D eigenvalue weighted by molar-refractivity contribution is -0.112. The zero-order chi connectivity index (χ0) is 14.0. The fourth-order valence-corrected chi connectivity index (χ4v) is 2.22. The highest BCUT2D eigenvalue weighted by molar-refractivity contribution is 5.50. The molecular formula is C12H16N2O5. The van der Waals surface area contributed by atoms with Crippen LogP contribution < -0.4 is 11.2 Å². The number of carbonyl (C=O) groups is 1. The fraction of sp³-hybridized carbons (Fsp3) is 0.583. The van der Waals surface area contributed by atoms with Crippen molar-refractivity contribution < 1.29 is 14.3 Å². The number of carbonyl (C=O) groups excluding carboxylic acids is 1. The van der Waals surface area contributed by atoms with E-state index in [0.29, 0.717) is 12.0 Å². The molecule has 0 bridgehead atoms. The molecule has 0 spiro atoms. The molecule has 1 aliphatic heterocycles. The van der Waals surface area contributed by atoms with Crippen LogP contribution in [-0.4, -0.2) is 35.2 Å². The molecule has 104 valence electrons. The Bertz CT molecular complexity index is 576. The summed E-state index contributed by atoms with van der Waals surface area (Å²) in [4.78, 5) is 35.9. The van der Waals surface area contributed by atoms with Crippen molar-refractivity contribution >= 4 is 6.29 Å². The van der Waals surface area contributed by atoms with Gasteiger partial charge >= 0.3 is 5.69 Å². The largest absolute Gasteiger partial charge is 0.379 e. The molecule has 1 saturated heterocycles. The summed E-state index contributed by atoms with van der Waals surface area (Å²) in [6.07, 6.45) is 1.76. The Morgan fingerprint density at radius 2 is 2.32 bits per heavy atom. The van der Waals surface area contributed by atoms with Crippen LogP contribution in [0.15, 0.2) is 15.8 Å². The smallest absolute Gasteiger partial charge is 0.330 e. The van der Waals surface area contributed by atoms with Crippen LogP contribution in [0.3, 0.4) is 0 Å². The number of rotatable bonds is 4. The van der Waals surface area contributed by atoms with Gasteiger partial charge in [0.1, 0.15) is 12.5 Å². The molecule has 2 unspecified atom stereocenters. The molecule has 0 aromatic carbocycles. The van der Waals surface area contributed by atoms with E-state index < -0.39 is 17.5 Å². The van der Waals surface area contributed by atoms with E-state index in [1.807, 2.05) is 0 Å². The van der Waals surface area contributed by atoms with E-state index in [1.165, 1.54) is 17.9 Å². The standard InChI is InChI=1S/C12H16N2O5/c1-7-6-14(12(17)13-11(7)16)10-5-9(18-2)8(19-10)3-4-15/h4,6,8-10H,3,5H2,1-2H3,(H,13,16,17)/t8?,9-,10?/m1/s1. The number of aldehydes is 1. The summed E-state index contributed by atoms with van der Waals surface area (Å²) in [7, 11) is 1.54. The van der Waals surface area contributed by atoms with Crippen LogP contribution in [-0.2, 0) is 14.3 Å². The summed E-state index contributed by atoms with van der Waals surface area (Å²) in [6, 6.07) is 0. The molecule has 0 radical (unpaired) electrons. The number of ether oxygens (including phenoxy) is 2. The molecule has 19 heavy (non-hydrogen) atoms. The molecule has 7 nitrogen and oxygen atoms in total. The molecule has 0 aliphatic carbocycles. The van der Waals surface area contributed by atoms with Crippen LogP contribution >= 0.6 is 0 Å². The summed E-state index contributed by atoms with van der Waals surface area (Å²) >= 11 is 0. The molecule has 0 saturated carbocycles. The molecule has 1 aliphatic rings. The van der Waals surface area contributed by atoms with Gasteiger partial charge in [0, 0.05) is 31.7 Å². The van der Waals surface area contributed by atoms with Gasteiger partial charge in [-0.05, 0) is 6.92 Å². The molecule has 1 N–H and O–H groups in total. The first-order valence-corrected chi connectivity index (χ1v) is 6.00. The van der Waals surface area contributed by atoms with E-state index in [2.05, 4.69) is 4.98 Å². The van der Waals surface area contributed by atoms with Crippen molar-refractivity contribution in [2.75, 3.05) is 7.11 Å². The van der Waals surface area contributed by atoms with Gasteiger partial charge in [-0.1, -0.05) is 0 Å². The second-order valence-corrected chi connectivity index (χ2v) is 4.52. The molecule has 7 heteroatoms. The minimum absolute atomic E-state index is 0.214. The van der Waals surface area contributed by atoms with Crippen molar-refractivity contribution in [3.8, 4) is 0 Å². The average molecular weight is 268 g/mol. The summed E-state index contributed by atoms with van der Waals surface area (Å²) < 4.78 is 12.2. The average Bonchev–Trinajstić information content (AvgIpc) is 2.77. The third kappa shape index (κ3) is 2.66. The number of nitrogens with one attached hydrogen (secondary N) is 1. The van der Waals surface area contributed by atoms with E-state index in [-0.39, 0.29) is 18.6 Å². The Labute approximate surface area is 109 Å². The van der Waals surface area contributed by atoms with Gasteiger partial charge in [-0.25, -0.2) is 4.79 Å². The second kappa shape index (κ2) is 5.50. The Kier molecular flexibility index (Phi) is 3.96. The Balaban J connectivity index is 2.29. The Hall–Kier alpha value is -1.73. The maximum Gasteiger partial charge on any atom is 0.330 e. The van der Waals surface area contributed by atoms with E-state index in [1.54, 1.807) is 6.92 Å². The molecular weight excluding hydrogens is 252 g/mol. The summed E-state index contributed by atoms with van der Waals surface area (Å²) in [5.74, 6) is 0. The number of H-pyrrole nitrogens is 1. The van der Waals surface area contributed by atoms with Gasteiger partial charge in [-0.15, -0.1) is 0 Å². The lowest BCUT2D eigenvalue weighted by Crippen LogP contribution is -2.33. The monoisotopic (exact) mass is 268 g/mol. The van der Waals surface area contributed by atoms with E-state index >= 15 is 0 Å². The van der Waals surface area contributed by atoms with E-state index in [4.69, 9.17) is 9.47 Å². The van der Waals surface area contributed by atoms with Gasteiger partial charge in [0.2, 0.25) is 0 Å². The zero-order valence-corrected chi connectivity index (χ0v) is 10.8. The number of hydrogen-bond donors (Lipinski definition) is 1. The maximum absolute atomic E-state index is 11.8. The molecule has 3 atom stereocenters. The lowest BCUT2D eigenvalue weighted by Gasteiger charge is -2.15. The van der Waals surface area contributed by atoms with Crippen molar-refractivity contribution in [3.63, 3.8) is 0 Å². The highest BCUT2D eigenvalue weighted by Gasteiger charge is 2.36. The Morgan fingerprint density at radius 3 is 2.95 bits per heavy atom. The van der Waals surface area contributed by atoms with Crippen LogP contribution in [0.25, 0.3) is 0 Å². The lowest BCUT2D eigenvalue weighted by atomic mass is 10.1. The zero-order valence-electron chi connectivity index (χ0n) is 10.8. The van der Waals surface area contributed by atoms with Crippen LogP contribution in [0, 0.1) is 6.92 Å². The number of nitrogens with zero attached hydrogens (tertiary/aromatic N) is 1. The fourth-order valence-electron chi connectivity index (χ4n) is 2.22. The SMILES string of the molecule is CO[C@@H]1CC(n2cc(C)c(=O)[nH]c2=O)OC1CC=O. The van der Waals surface area contributed by atoms with Gasteiger partial charge in [0.15, 0.2) is 0 Å². The van der Waals surface area contributed by atoms with Crippen molar-refractivity contribution in [1.82, 2.24) is 9.55 Å². The van der Waals surface area contributed by atoms with Gasteiger partial charge in [-0.2, -0.15) is 0 Å². The molecule has 1 fully saturated rings. The predicted molar refractivity (Wildman–Crippen MR) is 66.1 cm³/mol. The first-order chi connectivity index (χ1) is 9.06. The van der Waals surface area contributed by atoms with Crippen LogP contribution in [0.4, 0.5) is 0 Å². The predicted octanol–water partition coefficient (Wildman–Crippen LogP) is -0.263. The van der Waals surface area contributed by atoms with Gasteiger partial charge in [0.25, 0.3) is 5.56 Å². The molecule has 2 rings (SSSR count). The van der Waals surface area contributed by atoms with Crippen molar-refractivity contribution in [2.45, 2.75) is 38.2 Å². The van der Waals surface area contributed by atoms with Crippen molar-refractivity contribution in [1.29, 1.82) is 0 Å². The van der Waals surface area contributed by atoms with E-state index in [9.17, 15) is 14.4 Å². The molecule has 0 amide bonds. The normalized spacial score (nSPS) is 26.5. The minimum Gasteiger partial charge on any atom is -0.379 e. The van der Waals surface area contributed by atoms with Gasteiger partial charge in [-0.3, -0.25) is 14.3 Å². The summed E-state index contributed by atoms with van der Waals surface area (Å²) in [5, 5.41) is 0. The van der Waals surface area contributed by atoms with Crippen LogP contribution in [0.5, 0.6) is 0 Å². The van der Waals surface area contributed by atoms with E-state index in [0.717, 1.165) is 6.29 Å². The van der Waals surface area contributed by atoms with Gasteiger partial charge < -0.3 is 14.3 Å². The number of hydrogen-bond acceptors (Lipinski definition) is 5. The summed E-state index contributed by atoms with van der Waals surface area (Å²) in [5.41, 5.74) is -0.509. The topological polar surface area (TPSA) is 90.4 Å². The van der Waals surface area contributed by atoms with Gasteiger partial charge in [0.05, 0.1) is 12.2 Å². The van der Waals surface area contributed by atoms with Crippen LogP contribution in [0.1, 0.15) is 24.6 Å². The Morgan fingerprint density at radius 1 is 1.58 bits per heavy atom. The highest BCUT2D eigenvalue weighted by atomic mass is 16.6. The minimum atomic E-state index is -0.530. The molecule has 2 heterocycles. The molecule has 1 aromatic rings. The highest BCUT2D eigenvalue weighted by Crippen LogP contribution is 2.30.